The molecule has 1 aromatic carbocycles. The Labute approximate surface area is 82.8 Å². The van der Waals surface area contributed by atoms with Crippen molar-refractivity contribution in [3.8, 4) is 0 Å². The van der Waals surface area contributed by atoms with E-state index in [1.165, 1.54) is 5.56 Å². The van der Waals surface area contributed by atoms with Crippen LogP contribution in [-0.2, 0) is 0 Å². The van der Waals surface area contributed by atoms with Gasteiger partial charge in [-0.2, -0.15) is 0 Å². The molecule has 54 valence electrons. The van der Waals surface area contributed by atoms with E-state index in [9.17, 15) is 0 Å². The third kappa shape index (κ3) is 2.82. The molecule has 0 aliphatic carbocycles. The number of benzene rings is 1. The Kier molecular flexibility index (Phi) is 4.95. The second-order valence-electron chi connectivity index (χ2n) is 2.57. The van der Waals surface area contributed by atoms with Crippen LogP contribution in [0.15, 0.2) is 30.3 Å². The molecule has 10 heavy (non-hydrogen) atoms. The summed E-state index contributed by atoms with van der Waals surface area (Å²) >= 11 is 0. The molecule has 0 amide bonds. The van der Waals surface area contributed by atoms with Gasteiger partial charge in [-0.05, 0) is 11.5 Å². The van der Waals surface area contributed by atoms with Crippen LogP contribution in [0.1, 0.15) is 25.3 Å². The third-order valence-corrected chi connectivity index (χ3v) is 1.47. The van der Waals surface area contributed by atoms with E-state index in [1.807, 2.05) is 6.07 Å². The molecule has 1 rings (SSSR count). The van der Waals surface area contributed by atoms with Crippen LogP contribution in [0.25, 0.3) is 0 Å². The van der Waals surface area contributed by atoms with E-state index in [0.29, 0.717) is 5.92 Å². The van der Waals surface area contributed by atoms with E-state index in [-0.39, 0.29) is 27.3 Å². The van der Waals surface area contributed by atoms with E-state index in [0.717, 1.165) is 0 Å². The summed E-state index contributed by atoms with van der Waals surface area (Å²) in [5.41, 5.74) is 1.41. The van der Waals surface area contributed by atoms with Crippen molar-refractivity contribution in [2.75, 3.05) is 0 Å². The Hall–Kier alpha value is 0.142. The molecule has 0 fully saturated rings. The first-order valence-corrected chi connectivity index (χ1v) is 3.35. The average molecular weight is 329 g/mol. The SMILES string of the molecule is CC(C)c1ccccc1.[PbH2]. The van der Waals surface area contributed by atoms with Gasteiger partial charge in [-0.3, -0.25) is 0 Å². The predicted molar refractivity (Wildman–Crippen MR) is 49.1 cm³/mol. The standard InChI is InChI=1S/C9H12.Pb.2H/c1-8(2)9-6-4-3-5-7-9;;;/h3-8H,1-2H3;;;. The Morgan fingerprint density at radius 3 is 1.80 bits per heavy atom. The van der Waals surface area contributed by atoms with Gasteiger partial charge >= 0.3 is 27.3 Å². The van der Waals surface area contributed by atoms with E-state index in [4.69, 9.17) is 0 Å². The van der Waals surface area contributed by atoms with Crippen LogP contribution in [0.5, 0.6) is 0 Å². The van der Waals surface area contributed by atoms with Crippen LogP contribution < -0.4 is 0 Å². The summed E-state index contributed by atoms with van der Waals surface area (Å²) in [4.78, 5) is 0. The van der Waals surface area contributed by atoms with E-state index < -0.39 is 0 Å². The quantitative estimate of drug-likeness (QED) is 0.691. The molecule has 0 N–H and O–H groups in total. The first kappa shape index (κ1) is 10.1. The molecule has 0 spiro atoms. The summed E-state index contributed by atoms with van der Waals surface area (Å²) in [5, 5.41) is 0. The summed E-state index contributed by atoms with van der Waals surface area (Å²) < 4.78 is 0. The molecule has 1 aromatic rings. The monoisotopic (exact) mass is 330 g/mol. The van der Waals surface area contributed by atoms with E-state index >= 15 is 0 Å². The molecule has 0 aromatic heterocycles. The molecular formula is C9H14Pb. The van der Waals surface area contributed by atoms with Crippen molar-refractivity contribution in [1.29, 1.82) is 0 Å². The Balaban J connectivity index is 0.000000810. The molecule has 0 unspecified atom stereocenters. The predicted octanol–water partition coefficient (Wildman–Crippen LogP) is 1.89. The van der Waals surface area contributed by atoms with Crippen molar-refractivity contribution in [2.24, 2.45) is 0 Å². The fraction of sp³-hybridized carbons (Fsp3) is 0.333. The molecule has 0 bridgehead atoms. The van der Waals surface area contributed by atoms with Crippen LogP contribution in [0.2, 0.25) is 0 Å². The minimum atomic E-state index is 0. The maximum atomic E-state index is 2.20. The molecule has 0 heterocycles. The second kappa shape index (κ2) is 4.88. The van der Waals surface area contributed by atoms with Gasteiger partial charge in [-0.15, -0.1) is 0 Å². The van der Waals surface area contributed by atoms with Gasteiger partial charge in [0.1, 0.15) is 0 Å². The molecule has 0 aliphatic rings. The van der Waals surface area contributed by atoms with E-state index in [2.05, 4.69) is 38.1 Å². The molecule has 0 nitrogen and oxygen atoms in total. The van der Waals surface area contributed by atoms with Gasteiger partial charge in [0, 0.05) is 0 Å². The Morgan fingerprint density at radius 1 is 1.00 bits per heavy atom. The van der Waals surface area contributed by atoms with Crippen molar-refractivity contribution in [3.63, 3.8) is 0 Å². The number of hydrogen-bond donors (Lipinski definition) is 0. The Morgan fingerprint density at radius 2 is 1.50 bits per heavy atom. The van der Waals surface area contributed by atoms with Crippen molar-refractivity contribution < 1.29 is 0 Å². The molecule has 0 atom stereocenters. The van der Waals surface area contributed by atoms with Crippen molar-refractivity contribution >= 4 is 27.3 Å². The van der Waals surface area contributed by atoms with Crippen molar-refractivity contribution in [1.82, 2.24) is 0 Å². The number of rotatable bonds is 1. The van der Waals surface area contributed by atoms with Crippen LogP contribution in [0.4, 0.5) is 0 Å². The fourth-order valence-corrected chi connectivity index (χ4v) is 0.838. The Bertz CT molecular complexity index is 167. The zero-order valence-electron chi connectivity index (χ0n) is 6.67. The maximum absolute atomic E-state index is 2.20. The second-order valence-corrected chi connectivity index (χ2v) is 2.57. The van der Waals surface area contributed by atoms with Gasteiger partial charge in [0.2, 0.25) is 0 Å². The first-order chi connectivity index (χ1) is 4.30. The van der Waals surface area contributed by atoms with Gasteiger partial charge in [0.15, 0.2) is 0 Å². The fourth-order valence-electron chi connectivity index (χ4n) is 0.838. The molecule has 0 saturated carbocycles. The summed E-state index contributed by atoms with van der Waals surface area (Å²) in [6, 6.07) is 10.5. The summed E-state index contributed by atoms with van der Waals surface area (Å²) in [6.07, 6.45) is 0. The summed E-state index contributed by atoms with van der Waals surface area (Å²) in [5.74, 6) is 0.659. The average Bonchev–Trinajstić information content (AvgIpc) is 1.90. The van der Waals surface area contributed by atoms with Crippen LogP contribution >= 0.6 is 0 Å². The molecular weight excluding hydrogens is 315 g/mol. The molecule has 1 heteroatoms. The van der Waals surface area contributed by atoms with Gasteiger partial charge in [-0.25, -0.2) is 0 Å². The third-order valence-electron chi connectivity index (χ3n) is 1.47. The normalized spacial score (nSPS) is 9.10. The van der Waals surface area contributed by atoms with Crippen molar-refractivity contribution in [2.45, 2.75) is 19.8 Å². The molecule has 0 aliphatic heterocycles. The topological polar surface area (TPSA) is 0 Å². The van der Waals surface area contributed by atoms with Gasteiger partial charge in [-0.1, -0.05) is 44.2 Å². The minimum absolute atomic E-state index is 0. The summed E-state index contributed by atoms with van der Waals surface area (Å²) in [6.45, 7) is 4.41. The van der Waals surface area contributed by atoms with Crippen LogP contribution in [0, 0.1) is 0 Å². The number of hydrogen-bond acceptors (Lipinski definition) is 0. The van der Waals surface area contributed by atoms with Gasteiger partial charge in [0.05, 0.1) is 0 Å². The van der Waals surface area contributed by atoms with Gasteiger partial charge in [0.25, 0.3) is 0 Å². The molecule has 2 radical (unpaired) electrons. The zero-order chi connectivity index (χ0) is 6.69. The zero-order valence-corrected chi connectivity index (χ0v) is 12.2. The molecule has 0 saturated heterocycles. The van der Waals surface area contributed by atoms with Gasteiger partial charge < -0.3 is 0 Å². The first-order valence-electron chi connectivity index (χ1n) is 3.35. The summed E-state index contributed by atoms with van der Waals surface area (Å²) in [7, 11) is 0. The van der Waals surface area contributed by atoms with Crippen molar-refractivity contribution in [3.05, 3.63) is 35.9 Å². The van der Waals surface area contributed by atoms with Crippen LogP contribution in [-0.4, -0.2) is 27.3 Å². The van der Waals surface area contributed by atoms with E-state index in [1.54, 1.807) is 0 Å². The van der Waals surface area contributed by atoms with Crippen LogP contribution in [0.3, 0.4) is 0 Å².